The zero-order valence-corrected chi connectivity index (χ0v) is 10.7. The monoisotopic (exact) mass is 251 g/mol. The number of aliphatic imine (C=N–C) groups is 1. The second kappa shape index (κ2) is 7.90. The Morgan fingerprint density at radius 1 is 1.47 bits per heavy atom. The van der Waals surface area contributed by atoms with Gasteiger partial charge in [0.05, 0.1) is 0 Å². The molecule has 1 N–H and O–H groups in total. The van der Waals surface area contributed by atoms with Crippen LogP contribution in [0.3, 0.4) is 0 Å². The van der Waals surface area contributed by atoms with Crippen molar-refractivity contribution < 1.29 is 9.90 Å². The van der Waals surface area contributed by atoms with Crippen molar-refractivity contribution in [2.45, 2.75) is 24.7 Å². The quantitative estimate of drug-likeness (QED) is 0.460. The van der Waals surface area contributed by atoms with Crippen molar-refractivity contribution in [2.75, 3.05) is 12.3 Å². The predicted octanol–water partition coefficient (Wildman–Crippen LogP) is 3.08. The first-order chi connectivity index (χ1) is 8.24. The molecule has 17 heavy (non-hydrogen) atoms. The van der Waals surface area contributed by atoms with Crippen molar-refractivity contribution in [3.05, 3.63) is 29.8 Å². The highest BCUT2D eigenvalue weighted by Crippen LogP contribution is 2.20. The van der Waals surface area contributed by atoms with E-state index in [1.165, 1.54) is 4.90 Å². The van der Waals surface area contributed by atoms with Crippen molar-refractivity contribution in [1.29, 1.82) is 0 Å². The minimum Gasteiger partial charge on any atom is -0.481 e. The van der Waals surface area contributed by atoms with Crippen molar-refractivity contribution in [1.82, 2.24) is 0 Å². The second-order valence-electron chi connectivity index (χ2n) is 3.50. The van der Waals surface area contributed by atoms with Gasteiger partial charge < -0.3 is 5.11 Å². The maximum absolute atomic E-state index is 10.3. The number of hydrogen-bond acceptors (Lipinski definition) is 3. The van der Waals surface area contributed by atoms with E-state index in [0.29, 0.717) is 13.0 Å². The van der Waals surface area contributed by atoms with E-state index in [-0.39, 0.29) is 6.42 Å². The van der Waals surface area contributed by atoms with Crippen LogP contribution in [-0.4, -0.2) is 29.6 Å². The fourth-order valence-electron chi connectivity index (χ4n) is 1.36. The number of carboxylic acid groups (broad SMARTS) is 1. The van der Waals surface area contributed by atoms with E-state index in [1.807, 2.05) is 24.4 Å². The highest BCUT2D eigenvalue weighted by atomic mass is 32.2. The molecule has 0 heterocycles. The fraction of sp³-hybridized carbons (Fsp3) is 0.385. The van der Waals surface area contributed by atoms with Crippen molar-refractivity contribution in [3.8, 4) is 0 Å². The van der Waals surface area contributed by atoms with Crippen molar-refractivity contribution in [3.63, 3.8) is 0 Å². The van der Waals surface area contributed by atoms with Crippen LogP contribution in [0.25, 0.3) is 0 Å². The first-order valence-electron chi connectivity index (χ1n) is 5.67. The third-order valence-electron chi connectivity index (χ3n) is 2.13. The SMILES string of the molecule is CCSc1ccccc1/C=N/CCCC(=O)O. The molecule has 0 spiro atoms. The zero-order chi connectivity index (χ0) is 12.5. The lowest BCUT2D eigenvalue weighted by Gasteiger charge is -2.02. The molecule has 0 aromatic heterocycles. The summed E-state index contributed by atoms with van der Waals surface area (Å²) in [6, 6.07) is 8.10. The summed E-state index contributed by atoms with van der Waals surface area (Å²) in [4.78, 5) is 15.8. The molecule has 0 atom stereocenters. The Labute approximate surface area is 106 Å². The van der Waals surface area contributed by atoms with Gasteiger partial charge in [-0.05, 0) is 18.2 Å². The highest BCUT2D eigenvalue weighted by molar-refractivity contribution is 7.99. The summed E-state index contributed by atoms with van der Waals surface area (Å²) in [5.74, 6) is 0.270. The molecule has 1 aromatic carbocycles. The van der Waals surface area contributed by atoms with E-state index < -0.39 is 5.97 Å². The number of carboxylic acids is 1. The molecule has 0 saturated carbocycles. The Morgan fingerprint density at radius 2 is 2.24 bits per heavy atom. The van der Waals surface area contributed by atoms with Crippen molar-refractivity contribution in [2.24, 2.45) is 4.99 Å². The molecular formula is C13H17NO2S. The second-order valence-corrected chi connectivity index (χ2v) is 4.81. The molecule has 0 aliphatic carbocycles. The maximum Gasteiger partial charge on any atom is 0.303 e. The molecule has 0 aliphatic rings. The summed E-state index contributed by atoms with van der Waals surface area (Å²) in [5.41, 5.74) is 1.11. The van der Waals surface area contributed by atoms with Gasteiger partial charge in [0.1, 0.15) is 0 Å². The van der Waals surface area contributed by atoms with Crippen LogP contribution in [0, 0.1) is 0 Å². The molecule has 0 bridgehead atoms. The summed E-state index contributed by atoms with van der Waals surface area (Å²) in [7, 11) is 0. The molecule has 0 aliphatic heterocycles. The van der Waals surface area contributed by atoms with Gasteiger partial charge in [0.25, 0.3) is 0 Å². The normalized spacial score (nSPS) is 10.9. The molecule has 1 aromatic rings. The van der Waals surface area contributed by atoms with Gasteiger partial charge in [-0.15, -0.1) is 11.8 Å². The largest absolute Gasteiger partial charge is 0.481 e. The number of thioether (sulfide) groups is 1. The first-order valence-corrected chi connectivity index (χ1v) is 6.66. The number of carbonyl (C=O) groups is 1. The van der Waals surface area contributed by atoms with Gasteiger partial charge in [-0.3, -0.25) is 9.79 Å². The first kappa shape index (κ1) is 13.8. The van der Waals surface area contributed by atoms with Crippen LogP contribution in [0.5, 0.6) is 0 Å². The molecule has 92 valence electrons. The van der Waals surface area contributed by atoms with Crippen molar-refractivity contribution >= 4 is 23.9 Å². The molecular weight excluding hydrogens is 234 g/mol. The van der Waals surface area contributed by atoms with E-state index in [1.54, 1.807) is 11.8 Å². The average Bonchev–Trinajstić information content (AvgIpc) is 2.31. The fourth-order valence-corrected chi connectivity index (χ4v) is 2.13. The van der Waals surface area contributed by atoms with Crippen LogP contribution in [0.2, 0.25) is 0 Å². The van der Waals surface area contributed by atoms with Crippen LogP contribution in [0.15, 0.2) is 34.2 Å². The number of benzene rings is 1. The Bertz CT molecular complexity index is 391. The van der Waals surface area contributed by atoms with Gasteiger partial charge in [0, 0.05) is 29.6 Å². The lowest BCUT2D eigenvalue weighted by atomic mass is 10.2. The van der Waals surface area contributed by atoms with E-state index in [4.69, 9.17) is 5.11 Å². The topological polar surface area (TPSA) is 49.7 Å². The number of rotatable bonds is 7. The van der Waals surface area contributed by atoms with Crippen LogP contribution >= 0.6 is 11.8 Å². The molecule has 0 amide bonds. The van der Waals surface area contributed by atoms with Gasteiger partial charge in [-0.2, -0.15) is 0 Å². The summed E-state index contributed by atoms with van der Waals surface area (Å²) in [6.45, 7) is 2.68. The lowest BCUT2D eigenvalue weighted by Crippen LogP contribution is -1.95. The van der Waals surface area contributed by atoms with Crippen LogP contribution < -0.4 is 0 Å². The van der Waals surface area contributed by atoms with Gasteiger partial charge in [-0.1, -0.05) is 25.1 Å². The third-order valence-corrected chi connectivity index (χ3v) is 3.10. The standard InChI is InChI=1S/C13H17NO2S/c1-2-17-12-7-4-3-6-11(12)10-14-9-5-8-13(15)16/h3-4,6-7,10H,2,5,8-9H2,1H3,(H,15,16)/b14-10+. The van der Waals surface area contributed by atoms with Gasteiger partial charge in [0.15, 0.2) is 0 Å². The Hall–Kier alpha value is -1.29. The van der Waals surface area contributed by atoms with E-state index in [9.17, 15) is 4.79 Å². The van der Waals surface area contributed by atoms with Gasteiger partial charge >= 0.3 is 5.97 Å². The smallest absolute Gasteiger partial charge is 0.303 e. The Kier molecular flexibility index (Phi) is 6.40. The number of aliphatic carboxylic acids is 1. The molecule has 1 rings (SSSR count). The predicted molar refractivity (Wildman–Crippen MR) is 72.2 cm³/mol. The Balaban J connectivity index is 2.49. The molecule has 3 nitrogen and oxygen atoms in total. The highest BCUT2D eigenvalue weighted by Gasteiger charge is 1.98. The molecule has 0 radical (unpaired) electrons. The van der Waals surface area contributed by atoms with Gasteiger partial charge in [-0.25, -0.2) is 0 Å². The van der Waals surface area contributed by atoms with Gasteiger partial charge in [0.2, 0.25) is 0 Å². The number of nitrogens with zero attached hydrogens (tertiary/aromatic N) is 1. The summed E-state index contributed by atoms with van der Waals surface area (Å²) in [5, 5.41) is 8.49. The summed E-state index contributed by atoms with van der Waals surface area (Å²) < 4.78 is 0. The lowest BCUT2D eigenvalue weighted by molar-refractivity contribution is -0.137. The molecule has 0 saturated heterocycles. The maximum atomic E-state index is 10.3. The summed E-state index contributed by atoms with van der Waals surface area (Å²) in [6.07, 6.45) is 2.61. The average molecular weight is 251 g/mol. The molecule has 4 heteroatoms. The van der Waals surface area contributed by atoms with Crippen LogP contribution in [0.1, 0.15) is 25.3 Å². The third kappa shape index (κ3) is 5.54. The zero-order valence-electron chi connectivity index (χ0n) is 9.93. The molecule has 0 unspecified atom stereocenters. The van der Waals surface area contributed by atoms with Crippen LogP contribution in [0.4, 0.5) is 0 Å². The van der Waals surface area contributed by atoms with E-state index in [2.05, 4.69) is 18.0 Å². The minimum absolute atomic E-state index is 0.183. The summed E-state index contributed by atoms with van der Waals surface area (Å²) >= 11 is 1.79. The van der Waals surface area contributed by atoms with E-state index >= 15 is 0 Å². The molecule has 0 fully saturated rings. The van der Waals surface area contributed by atoms with Crippen LogP contribution in [-0.2, 0) is 4.79 Å². The Morgan fingerprint density at radius 3 is 2.94 bits per heavy atom. The minimum atomic E-state index is -0.762. The number of hydrogen-bond donors (Lipinski definition) is 1. The van der Waals surface area contributed by atoms with E-state index in [0.717, 1.165) is 11.3 Å².